The van der Waals surface area contributed by atoms with E-state index in [2.05, 4.69) is 24.8 Å². The topological polar surface area (TPSA) is 63.0 Å². The maximum Gasteiger partial charge on any atom is 0.311 e. The van der Waals surface area contributed by atoms with E-state index in [1.54, 1.807) is 17.7 Å². The summed E-state index contributed by atoms with van der Waals surface area (Å²) in [4.78, 5) is 29.4. The van der Waals surface area contributed by atoms with Gasteiger partial charge in [-0.25, -0.2) is 0 Å². The number of rotatable bonds is 3. The van der Waals surface area contributed by atoms with Gasteiger partial charge in [0.2, 0.25) is 0 Å². The molecule has 1 amide bonds. The molecule has 3 fully saturated rings. The van der Waals surface area contributed by atoms with Crippen LogP contribution in [0.3, 0.4) is 0 Å². The molecule has 4 aliphatic rings. The van der Waals surface area contributed by atoms with Gasteiger partial charge in [-0.15, -0.1) is 0 Å². The number of nitrogens with zero attached hydrogens (tertiary/aromatic N) is 2. The Bertz CT molecular complexity index is 839. The Labute approximate surface area is 178 Å². The van der Waals surface area contributed by atoms with Crippen LogP contribution in [0.15, 0.2) is 34.5 Å². The number of allylic oxidation sites excluding steroid dienone is 1. The van der Waals surface area contributed by atoms with Gasteiger partial charge in [-0.2, -0.15) is 0 Å². The molecule has 30 heavy (non-hydrogen) atoms. The molecule has 1 aromatic rings. The Hall–Kier alpha value is -2.08. The fraction of sp³-hybridized carbons (Fsp3) is 0.667. The van der Waals surface area contributed by atoms with Crippen molar-refractivity contribution < 1.29 is 18.7 Å². The second kappa shape index (κ2) is 7.56. The standard InChI is InChI=1S/C24H32N2O4/c1-16-5-3-7-24(2)14-21-17(13-19(16)24)18(23(28)30-21)15-25-8-10-26(11-9-25)22(27)20-6-4-12-29-20/h4,6,12-13,16-18,21H,3,5,7-11,14-15H2,1-2H3/t16-,17+,18-,21+,24+/m0/s1. The van der Waals surface area contributed by atoms with Crippen molar-refractivity contribution in [1.29, 1.82) is 0 Å². The van der Waals surface area contributed by atoms with Crippen LogP contribution in [0, 0.1) is 23.2 Å². The first-order valence-corrected chi connectivity index (χ1v) is 11.4. The number of esters is 1. The molecule has 1 aromatic heterocycles. The highest BCUT2D eigenvalue weighted by molar-refractivity contribution is 5.91. The number of ether oxygens (including phenoxy) is 1. The van der Waals surface area contributed by atoms with E-state index in [0.29, 0.717) is 24.8 Å². The molecule has 2 aliphatic heterocycles. The highest BCUT2D eigenvalue weighted by Crippen LogP contribution is 2.54. The Morgan fingerprint density at radius 3 is 2.80 bits per heavy atom. The average Bonchev–Trinajstić information content (AvgIpc) is 3.35. The SMILES string of the molecule is C[C@H]1CCC[C@]2(C)C[C@H]3OC(=O)[C@@H](CN4CCN(C(=O)c5ccco5)CC4)[C@H]3C=C12. The monoisotopic (exact) mass is 412 g/mol. The Balaban J connectivity index is 1.25. The van der Waals surface area contributed by atoms with Gasteiger partial charge in [0.15, 0.2) is 5.76 Å². The van der Waals surface area contributed by atoms with Crippen LogP contribution < -0.4 is 0 Å². The summed E-state index contributed by atoms with van der Waals surface area (Å²) in [7, 11) is 0. The first-order valence-electron chi connectivity index (χ1n) is 11.4. The quantitative estimate of drug-likeness (QED) is 0.563. The molecule has 0 bridgehead atoms. The zero-order chi connectivity index (χ0) is 20.9. The molecule has 3 heterocycles. The smallest absolute Gasteiger partial charge is 0.311 e. The molecular formula is C24H32N2O4. The number of hydrogen-bond donors (Lipinski definition) is 0. The van der Waals surface area contributed by atoms with Crippen LogP contribution >= 0.6 is 0 Å². The molecule has 0 spiro atoms. The summed E-state index contributed by atoms with van der Waals surface area (Å²) >= 11 is 0. The minimum absolute atomic E-state index is 0.0309. The number of piperazine rings is 1. The summed E-state index contributed by atoms with van der Waals surface area (Å²) in [6, 6.07) is 3.45. The molecule has 0 unspecified atom stereocenters. The Morgan fingerprint density at radius 1 is 1.27 bits per heavy atom. The molecule has 5 atom stereocenters. The van der Waals surface area contributed by atoms with Gasteiger partial charge in [0.1, 0.15) is 6.10 Å². The number of furan rings is 1. The predicted octanol–water partition coefficient (Wildman–Crippen LogP) is 3.35. The molecule has 5 rings (SSSR count). The van der Waals surface area contributed by atoms with E-state index in [-0.39, 0.29) is 35.2 Å². The van der Waals surface area contributed by atoms with E-state index in [0.717, 1.165) is 26.1 Å². The molecule has 1 saturated carbocycles. The van der Waals surface area contributed by atoms with Gasteiger partial charge in [0.05, 0.1) is 12.2 Å². The Kier molecular flexibility index (Phi) is 5.00. The fourth-order valence-electron chi connectivity index (χ4n) is 6.23. The van der Waals surface area contributed by atoms with E-state index in [4.69, 9.17) is 9.15 Å². The van der Waals surface area contributed by atoms with Gasteiger partial charge in [0.25, 0.3) is 5.91 Å². The van der Waals surface area contributed by atoms with Crippen molar-refractivity contribution in [1.82, 2.24) is 9.80 Å². The molecule has 162 valence electrons. The predicted molar refractivity (Wildman–Crippen MR) is 112 cm³/mol. The summed E-state index contributed by atoms with van der Waals surface area (Å²) in [5.41, 5.74) is 1.76. The minimum atomic E-state index is -0.0894. The normalized spacial score (nSPS) is 36.7. The molecule has 6 nitrogen and oxygen atoms in total. The summed E-state index contributed by atoms with van der Waals surface area (Å²) in [5.74, 6) is 1.02. The lowest BCUT2D eigenvalue weighted by atomic mass is 9.59. The lowest BCUT2D eigenvalue weighted by molar-refractivity contribution is -0.145. The fourth-order valence-corrected chi connectivity index (χ4v) is 6.23. The maximum absolute atomic E-state index is 12.8. The van der Waals surface area contributed by atoms with Crippen LogP contribution in [0.2, 0.25) is 0 Å². The lowest BCUT2D eigenvalue weighted by Gasteiger charge is -2.46. The number of amides is 1. The van der Waals surface area contributed by atoms with E-state index in [1.807, 2.05) is 4.90 Å². The third-order valence-electron chi connectivity index (χ3n) is 7.93. The lowest BCUT2D eigenvalue weighted by Crippen LogP contribution is -2.50. The van der Waals surface area contributed by atoms with Crippen LogP contribution in [0.25, 0.3) is 0 Å². The van der Waals surface area contributed by atoms with Crippen molar-refractivity contribution in [3.05, 3.63) is 35.8 Å². The van der Waals surface area contributed by atoms with Gasteiger partial charge < -0.3 is 14.1 Å². The molecule has 6 heteroatoms. The summed E-state index contributed by atoms with van der Waals surface area (Å²) in [6.45, 7) is 8.29. The van der Waals surface area contributed by atoms with E-state index in [1.165, 1.54) is 25.5 Å². The second-order valence-corrected chi connectivity index (χ2v) is 9.91. The largest absolute Gasteiger partial charge is 0.461 e. The summed E-state index contributed by atoms with van der Waals surface area (Å²) in [6.07, 6.45) is 8.69. The van der Waals surface area contributed by atoms with E-state index < -0.39 is 0 Å². The van der Waals surface area contributed by atoms with Crippen molar-refractivity contribution in [3.8, 4) is 0 Å². The van der Waals surface area contributed by atoms with Gasteiger partial charge in [-0.1, -0.05) is 31.9 Å². The third-order valence-corrected chi connectivity index (χ3v) is 7.93. The van der Waals surface area contributed by atoms with Crippen molar-refractivity contribution in [2.24, 2.45) is 23.2 Å². The van der Waals surface area contributed by atoms with Crippen molar-refractivity contribution >= 4 is 11.9 Å². The van der Waals surface area contributed by atoms with Crippen molar-refractivity contribution in [2.75, 3.05) is 32.7 Å². The number of carbonyl (C=O) groups excluding carboxylic acids is 2. The molecule has 0 radical (unpaired) electrons. The van der Waals surface area contributed by atoms with Gasteiger partial charge in [-0.05, 0) is 42.7 Å². The van der Waals surface area contributed by atoms with Crippen LogP contribution in [0.4, 0.5) is 0 Å². The highest BCUT2D eigenvalue weighted by Gasteiger charge is 2.52. The van der Waals surface area contributed by atoms with Gasteiger partial charge >= 0.3 is 5.97 Å². The van der Waals surface area contributed by atoms with E-state index in [9.17, 15) is 9.59 Å². The Morgan fingerprint density at radius 2 is 2.07 bits per heavy atom. The average molecular weight is 413 g/mol. The molecule has 0 N–H and O–H groups in total. The van der Waals surface area contributed by atoms with Crippen LogP contribution in [0.1, 0.15) is 50.1 Å². The maximum atomic E-state index is 12.8. The number of carbonyl (C=O) groups is 2. The first kappa shape index (κ1) is 19.9. The molecule has 2 aliphatic carbocycles. The van der Waals surface area contributed by atoms with Crippen LogP contribution in [-0.4, -0.2) is 60.5 Å². The third kappa shape index (κ3) is 3.39. The highest BCUT2D eigenvalue weighted by atomic mass is 16.6. The zero-order valence-electron chi connectivity index (χ0n) is 18.0. The number of hydrogen-bond acceptors (Lipinski definition) is 5. The van der Waals surface area contributed by atoms with Gasteiger partial charge in [-0.3, -0.25) is 14.5 Å². The second-order valence-electron chi connectivity index (χ2n) is 9.91. The first-order chi connectivity index (χ1) is 14.4. The summed E-state index contributed by atoms with van der Waals surface area (Å²) < 4.78 is 11.1. The molecule has 2 saturated heterocycles. The van der Waals surface area contributed by atoms with Gasteiger partial charge in [0, 0.05) is 38.6 Å². The zero-order valence-corrected chi connectivity index (χ0v) is 18.0. The van der Waals surface area contributed by atoms with Crippen molar-refractivity contribution in [3.63, 3.8) is 0 Å². The van der Waals surface area contributed by atoms with Crippen molar-refractivity contribution in [2.45, 2.75) is 45.6 Å². The number of fused-ring (bicyclic) bond motifs is 2. The molecular weight excluding hydrogens is 380 g/mol. The van der Waals surface area contributed by atoms with Crippen LogP contribution in [-0.2, 0) is 9.53 Å². The van der Waals surface area contributed by atoms with Crippen LogP contribution in [0.5, 0.6) is 0 Å². The summed E-state index contributed by atoms with van der Waals surface area (Å²) in [5, 5.41) is 0. The minimum Gasteiger partial charge on any atom is -0.461 e. The molecule has 0 aromatic carbocycles. The van der Waals surface area contributed by atoms with E-state index >= 15 is 0 Å².